The molecule has 2 fully saturated rings. The lowest BCUT2D eigenvalue weighted by Crippen LogP contribution is -2.54. The van der Waals surface area contributed by atoms with Crippen LogP contribution in [0.25, 0.3) is 0 Å². The van der Waals surface area contributed by atoms with E-state index in [1.165, 1.54) is 0 Å². The van der Waals surface area contributed by atoms with Gasteiger partial charge in [-0.15, -0.1) is 0 Å². The van der Waals surface area contributed by atoms with Crippen LogP contribution in [0.3, 0.4) is 0 Å². The van der Waals surface area contributed by atoms with Crippen LogP contribution in [0.1, 0.15) is 19.8 Å². The molecule has 0 spiro atoms. The van der Waals surface area contributed by atoms with Crippen molar-refractivity contribution in [2.24, 2.45) is 22.9 Å². The van der Waals surface area contributed by atoms with Crippen LogP contribution in [0.5, 0.6) is 0 Å². The predicted octanol–water partition coefficient (Wildman–Crippen LogP) is -1.95. The van der Waals surface area contributed by atoms with Crippen LogP contribution in [-0.4, -0.2) is 85.1 Å². The van der Waals surface area contributed by atoms with Gasteiger partial charge in [-0.25, -0.2) is 0 Å². The Labute approximate surface area is 166 Å². The van der Waals surface area contributed by atoms with Crippen LogP contribution in [0.15, 0.2) is 0 Å². The standard InChI is InChI=1S/C17H34N10O/c1-10(9-28-2)22-15-23-16(26-5-11(18)3-12(19)6-26)25-17(24-15)27-7-13(20)4-14(21)8-27/h10-14H,3-9,18-21H2,1-2H3,(H,22,23,24,25). The number of hydrogen-bond acceptors (Lipinski definition) is 11. The Balaban J connectivity index is 1.89. The quantitative estimate of drug-likeness (QED) is 0.363. The molecule has 0 aromatic carbocycles. The Kier molecular flexibility index (Phi) is 6.83. The van der Waals surface area contributed by atoms with Gasteiger partial charge in [0.05, 0.1) is 6.61 Å². The molecule has 0 amide bonds. The van der Waals surface area contributed by atoms with Gasteiger partial charge >= 0.3 is 0 Å². The maximum absolute atomic E-state index is 6.16. The Morgan fingerprint density at radius 2 is 1.32 bits per heavy atom. The Hall–Kier alpha value is -1.79. The smallest absolute Gasteiger partial charge is 0.232 e. The maximum Gasteiger partial charge on any atom is 0.232 e. The van der Waals surface area contributed by atoms with E-state index in [0.717, 1.165) is 12.8 Å². The third kappa shape index (κ3) is 5.39. The molecular formula is C17H34N10O. The molecular weight excluding hydrogens is 360 g/mol. The highest BCUT2D eigenvalue weighted by Crippen LogP contribution is 2.22. The molecule has 0 bridgehead atoms. The first-order valence-electron chi connectivity index (χ1n) is 9.87. The number of piperidine rings is 2. The summed E-state index contributed by atoms with van der Waals surface area (Å²) in [7, 11) is 1.66. The Bertz CT molecular complexity index is 582. The van der Waals surface area contributed by atoms with Gasteiger partial charge in [0.2, 0.25) is 17.8 Å². The van der Waals surface area contributed by atoms with Crippen molar-refractivity contribution < 1.29 is 4.74 Å². The lowest BCUT2D eigenvalue weighted by atomic mass is 10.0. The molecule has 5 unspecified atom stereocenters. The molecule has 5 atom stereocenters. The molecule has 1 aromatic rings. The van der Waals surface area contributed by atoms with Crippen molar-refractivity contribution in [1.29, 1.82) is 0 Å². The van der Waals surface area contributed by atoms with Crippen LogP contribution in [0.2, 0.25) is 0 Å². The average Bonchev–Trinajstić information content (AvgIpc) is 2.60. The second-order valence-corrected chi connectivity index (χ2v) is 8.08. The van der Waals surface area contributed by atoms with Gasteiger partial charge in [0.25, 0.3) is 0 Å². The summed E-state index contributed by atoms with van der Waals surface area (Å²) < 4.78 is 5.20. The largest absolute Gasteiger partial charge is 0.383 e. The molecule has 1 aromatic heterocycles. The van der Waals surface area contributed by atoms with Crippen LogP contribution in [0, 0.1) is 0 Å². The molecule has 2 aliphatic rings. The number of nitrogens with one attached hydrogen (secondary N) is 1. The second kappa shape index (κ2) is 9.14. The molecule has 2 saturated heterocycles. The van der Waals surface area contributed by atoms with Crippen molar-refractivity contribution in [2.45, 2.75) is 50.0 Å². The number of hydrogen-bond donors (Lipinski definition) is 5. The second-order valence-electron chi connectivity index (χ2n) is 8.08. The highest BCUT2D eigenvalue weighted by Gasteiger charge is 2.28. The van der Waals surface area contributed by atoms with Crippen molar-refractivity contribution in [3.05, 3.63) is 0 Å². The monoisotopic (exact) mass is 394 g/mol. The van der Waals surface area contributed by atoms with E-state index in [4.69, 9.17) is 32.7 Å². The van der Waals surface area contributed by atoms with E-state index in [0.29, 0.717) is 50.6 Å². The van der Waals surface area contributed by atoms with Gasteiger partial charge in [-0.1, -0.05) is 0 Å². The van der Waals surface area contributed by atoms with Gasteiger partial charge < -0.3 is 42.8 Å². The molecule has 11 nitrogen and oxygen atoms in total. The molecule has 3 rings (SSSR count). The number of aromatic nitrogens is 3. The number of ether oxygens (including phenoxy) is 1. The minimum absolute atomic E-state index is 0.00961. The van der Waals surface area contributed by atoms with Crippen LogP contribution in [0.4, 0.5) is 17.8 Å². The van der Waals surface area contributed by atoms with E-state index >= 15 is 0 Å². The fourth-order valence-corrected chi connectivity index (χ4v) is 3.90. The van der Waals surface area contributed by atoms with Crippen LogP contribution >= 0.6 is 0 Å². The van der Waals surface area contributed by atoms with Crippen molar-refractivity contribution >= 4 is 17.8 Å². The van der Waals surface area contributed by atoms with Crippen LogP contribution in [-0.2, 0) is 4.74 Å². The fraction of sp³-hybridized carbons (Fsp3) is 0.824. The van der Waals surface area contributed by atoms with Gasteiger partial charge in [0.1, 0.15) is 0 Å². The molecule has 11 heteroatoms. The summed E-state index contributed by atoms with van der Waals surface area (Å²) in [5.41, 5.74) is 24.6. The normalized spacial score (nSPS) is 29.6. The fourth-order valence-electron chi connectivity index (χ4n) is 3.90. The molecule has 9 N–H and O–H groups in total. The molecule has 0 saturated carbocycles. The van der Waals surface area contributed by atoms with Gasteiger partial charge in [-0.3, -0.25) is 0 Å². The lowest BCUT2D eigenvalue weighted by molar-refractivity contribution is 0.190. The first-order valence-corrected chi connectivity index (χ1v) is 9.87. The van der Waals surface area contributed by atoms with E-state index in [9.17, 15) is 0 Å². The third-order valence-electron chi connectivity index (χ3n) is 5.00. The average molecular weight is 395 g/mol. The maximum atomic E-state index is 6.16. The number of methoxy groups -OCH3 is 1. The summed E-state index contributed by atoms with van der Waals surface area (Å²) in [6.07, 6.45) is 1.58. The summed E-state index contributed by atoms with van der Waals surface area (Å²) in [4.78, 5) is 18.0. The SMILES string of the molecule is COCC(C)Nc1nc(N2CC(N)CC(N)C2)nc(N2CC(N)CC(N)C2)n1. The Morgan fingerprint density at radius 3 is 1.71 bits per heavy atom. The number of anilines is 3. The summed E-state index contributed by atoms with van der Waals surface area (Å²) in [6.45, 7) is 5.17. The molecule has 0 aliphatic carbocycles. The zero-order valence-electron chi connectivity index (χ0n) is 16.8. The zero-order valence-corrected chi connectivity index (χ0v) is 16.8. The van der Waals surface area contributed by atoms with E-state index in [2.05, 4.69) is 15.3 Å². The summed E-state index contributed by atoms with van der Waals surface area (Å²) in [5, 5.41) is 3.28. The summed E-state index contributed by atoms with van der Waals surface area (Å²) in [6, 6.07) is 0.00771. The first-order chi connectivity index (χ1) is 13.3. The molecule has 28 heavy (non-hydrogen) atoms. The van der Waals surface area contributed by atoms with Crippen molar-refractivity contribution in [3.8, 4) is 0 Å². The van der Waals surface area contributed by atoms with Gasteiger partial charge in [0.15, 0.2) is 0 Å². The lowest BCUT2D eigenvalue weighted by Gasteiger charge is -2.37. The highest BCUT2D eigenvalue weighted by molar-refractivity contribution is 5.47. The zero-order chi connectivity index (χ0) is 20.3. The van der Waals surface area contributed by atoms with E-state index in [-0.39, 0.29) is 30.2 Å². The van der Waals surface area contributed by atoms with Crippen LogP contribution < -0.4 is 38.1 Å². The molecule has 3 heterocycles. The van der Waals surface area contributed by atoms with E-state index in [1.807, 2.05) is 16.7 Å². The Morgan fingerprint density at radius 1 is 0.893 bits per heavy atom. The minimum Gasteiger partial charge on any atom is -0.383 e. The number of nitrogens with two attached hydrogens (primary N) is 4. The van der Waals surface area contributed by atoms with E-state index in [1.54, 1.807) is 7.11 Å². The molecule has 158 valence electrons. The van der Waals surface area contributed by atoms with Gasteiger partial charge in [0, 0.05) is 63.5 Å². The van der Waals surface area contributed by atoms with E-state index < -0.39 is 0 Å². The van der Waals surface area contributed by atoms with Crippen molar-refractivity contribution in [2.75, 3.05) is 55.0 Å². The van der Waals surface area contributed by atoms with Gasteiger partial charge in [-0.05, 0) is 19.8 Å². The summed E-state index contributed by atoms with van der Waals surface area (Å²) in [5.74, 6) is 1.62. The van der Waals surface area contributed by atoms with Crippen molar-refractivity contribution in [3.63, 3.8) is 0 Å². The number of nitrogens with zero attached hydrogens (tertiary/aromatic N) is 5. The minimum atomic E-state index is -0.00961. The molecule has 0 radical (unpaired) electrons. The predicted molar refractivity (Wildman–Crippen MR) is 110 cm³/mol. The first kappa shape index (κ1) is 20.9. The van der Waals surface area contributed by atoms with Gasteiger partial charge in [-0.2, -0.15) is 15.0 Å². The molecule has 2 aliphatic heterocycles. The summed E-state index contributed by atoms with van der Waals surface area (Å²) >= 11 is 0. The topological polar surface area (TPSA) is 170 Å². The number of rotatable bonds is 6. The highest BCUT2D eigenvalue weighted by atomic mass is 16.5. The third-order valence-corrected chi connectivity index (χ3v) is 5.00. The van der Waals surface area contributed by atoms with Crippen molar-refractivity contribution in [1.82, 2.24) is 15.0 Å².